The molecule has 2 heterocycles. The van der Waals surface area contributed by atoms with Crippen LogP contribution in [0.5, 0.6) is 11.5 Å². The van der Waals surface area contributed by atoms with Crippen molar-refractivity contribution in [3.8, 4) is 11.5 Å². The van der Waals surface area contributed by atoms with E-state index in [1.807, 2.05) is 63.2 Å². The lowest BCUT2D eigenvalue weighted by molar-refractivity contribution is -0.188. The average molecular weight is 445 g/mol. The summed E-state index contributed by atoms with van der Waals surface area (Å²) in [6.07, 6.45) is 1.12. The molecule has 0 spiro atoms. The van der Waals surface area contributed by atoms with E-state index in [1.165, 1.54) is 0 Å². The zero-order chi connectivity index (χ0) is 22.2. The molecular formula is C25H29ClO5. The fourth-order valence-corrected chi connectivity index (χ4v) is 5.07. The van der Waals surface area contributed by atoms with E-state index < -0.39 is 23.6 Å². The van der Waals surface area contributed by atoms with Gasteiger partial charge in [-0.1, -0.05) is 29.8 Å². The number of ether oxygens (including phenoxy) is 3. The topological polar surface area (TPSA) is 65.0 Å². The van der Waals surface area contributed by atoms with Gasteiger partial charge in [-0.2, -0.15) is 0 Å². The van der Waals surface area contributed by atoms with Gasteiger partial charge >= 0.3 is 5.97 Å². The molecule has 0 aliphatic carbocycles. The predicted octanol–water partition coefficient (Wildman–Crippen LogP) is 5.69. The van der Waals surface area contributed by atoms with Gasteiger partial charge in [0.25, 0.3) is 0 Å². The Hall–Kier alpha value is -2.24. The SMILES string of the molecule is CCOc1ccccc1CC[C@@H]1O[C@@H]2c3cc(Cl)ccc3OC(C)(C)[C@H]2C[C@H]1C(=O)O. The highest BCUT2D eigenvalue weighted by molar-refractivity contribution is 6.30. The highest BCUT2D eigenvalue weighted by atomic mass is 35.5. The Morgan fingerprint density at radius 1 is 1.26 bits per heavy atom. The molecule has 31 heavy (non-hydrogen) atoms. The fourth-order valence-electron chi connectivity index (χ4n) is 4.89. The molecule has 0 saturated carbocycles. The minimum atomic E-state index is -0.825. The number of rotatable bonds is 6. The van der Waals surface area contributed by atoms with Gasteiger partial charge in [0.1, 0.15) is 17.1 Å². The Kier molecular flexibility index (Phi) is 6.18. The number of halogens is 1. The molecule has 0 radical (unpaired) electrons. The molecular weight excluding hydrogens is 416 g/mol. The van der Waals surface area contributed by atoms with Crippen molar-refractivity contribution in [2.45, 2.75) is 57.8 Å². The van der Waals surface area contributed by atoms with Gasteiger partial charge in [0.2, 0.25) is 0 Å². The maximum atomic E-state index is 12.2. The van der Waals surface area contributed by atoms with Crippen molar-refractivity contribution in [2.75, 3.05) is 6.61 Å². The number of aryl methyl sites for hydroxylation is 1. The number of carbonyl (C=O) groups is 1. The third-order valence-electron chi connectivity index (χ3n) is 6.48. The number of fused-ring (bicyclic) bond motifs is 3. The second-order valence-electron chi connectivity index (χ2n) is 8.85. The van der Waals surface area contributed by atoms with Gasteiger partial charge < -0.3 is 19.3 Å². The zero-order valence-electron chi connectivity index (χ0n) is 18.1. The normalized spacial score (nSPS) is 26.3. The van der Waals surface area contributed by atoms with Crippen LogP contribution < -0.4 is 9.47 Å². The summed E-state index contributed by atoms with van der Waals surface area (Å²) in [4.78, 5) is 12.2. The Balaban J connectivity index is 1.61. The molecule has 0 unspecified atom stereocenters. The molecule has 1 fully saturated rings. The second kappa shape index (κ2) is 8.71. The lowest BCUT2D eigenvalue weighted by atomic mass is 9.71. The van der Waals surface area contributed by atoms with Gasteiger partial charge in [-0.05, 0) is 69.9 Å². The van der Waals surface area contributed by atoms with Crippen molar-refractivity contribution in [3.05, 3.63) is 58.6 Å². The van der Waals surface area contributed by atoms with Crippen molar-refractivity contribution in [2.24, 2.45) is 11.8 Å². The minimum Gasteiger partial charge on any atom is -0.494 e. The number of benzene rings is 2. The predicted molar refractivity (Wildman–Crippen MR) is 119 cm³/mol. The van der Waals surface area contributed by atoms with Crippen LogP contribution in [-0.2, 0) is 16.0 Å². The lowest BCUT2D eigenvalue weighted by Gasteiger charge is -2.50. The standard InChI is InChI=1S/C25H29ClO5/c1-4-29-20-8-6-5-7-15(20)9-11-21-18(24(27)28)14-19-23(30-21)17-13-16(26)10-12-22(17)31-25(19,2)3/h5-8,10,12-13,18-19,21,23H,4,9,11,14H2,1-3H3,(H,27,28)/t18-,19+,21+,23-/m1/s1. The molecule has 4 rings (SSSR count). The number of carboxylic acid groups (broad SMARTS) is 1. The van der Waals surface area contributed by atoms with Crippen LogP contribution in [-0.4, -0.2) is 29.4 Å². The van der Waals surface area contributed by atoms with E-state index >= 15 is 0 Å². The lowest BCUT2D eigenvalue weighted by Crippen LogP contribution is -2.52. The first-order valence-corrected chi connectivity index (χ1v) is 11.3. The monoisotopic (exact) mass is 444 g/mol. The first kappa shape index (κ1) is 22.0. The maximum Gasteiger partial charge on any atom is 0.309 e. The molecule has 0 aromatic heterocycles. The van der Waals surface area contributed by atoms with E-state index in [0.29, 0.717) is 30.9 Å². The molecule has 2 aromatic carbocycles. The summed E-state index contributed by atoms with van der Waals surface area (Å²) in [7, 11) is 0. The summed E-state index contributed by atoms with van der Waals surface area (Å²) in [5.74, 6) is 0.102. The molecule has 6 heteroatoms. The largest absolute Gasteiger partial charge is 0.494 e. The van der Waals surface area contributed by atoms with Crippen molar-refractivity contribution in [3.63, 3.8) is 0 Å². The number of hydrogen-bond donors (Lipinski definition) is 1. The van der Waals surface area contributed by atoms with Crippen LogP contribution in [0.25, 0.3) is 0 Å². The first-order chi connectivity index (χ1) is 14.8. The second-order valence-corrected chi connectivity index (χ2v) is 9.29. The van der Waals surface area contributed by atoms with Gasteiger partial charge in [-0.3, -0.25) is 4.79 Å². The number of carboxylic acids is 1. The highest BCUT2D eigenvalue weighted by Gasteiger charge is 2.52. The summed E-state index contributed by atoms with van der Waals surface area (Å²) >= 11 is 6.26. The number of aliphatic carboxylic acids is 1. The number of para-hydroxylation sites is 1. The molecule has 166 valence electrons. The van der Waals surface area contributed by atoms with Gasteiger partial charge in [0.05, 0.1) is 24.7 Å². The first-order valence-electron chi connectivity index (χ1n) is 10.9. The number of hydrogen-bond acceptors (Lipinski definition) is 4. The molecule has 5 nitrogen and oxygen atoms in total. The molecule has 2 aromatic rings. The maximum absolute atomic E-state index is 12.2. The zero-order valence-corrected chi connectivity index (χ0v) is 18.9. The van der Waals surface area contributed by atoms with Crippen LogP contribution in [0.2, 0.25) is 5.02 Å². The van der Waals surface area contributed by atoms with E-state index in [-0.39, 0.29) is 12.0 Å². The summed E-state index contributed by atoms with van der Waals surface area (Å²) in [5, 5.41) is 10.6. The highest BCUT2D eigenvalue weighted by Crippen LogP contribution is 2.52. The molecule has 1 saturated heterocycles. The van der Waals surface area contributed by atoms with Crippen LogP contribution >= 0.6 is 11.6 Å². The van der Waals surface area contributed by atoms with Gasteiger partial charge in [-0.15, -0.1) is 0 Å². The average Bonchev–Trinajstić information content (AvgIpc) is 2.73. The third-order valence-corrected chi connectivity index (χ3v) is 6.71. The molecule has 0 bridgehead atoms. The molecule has 2 aliphatic rings. The van der Waals surface area contributed by atoms with E-state index in [9.17, 15) is 9.90 Å². The van der Waals surface area contributed by atoms with E-state index in [1.54, 1.807) is 0 Å². The van der Waals surface area contributed by atoms with Crippen LogP contribution in [0.1, 0.15) is 50.8 Å². The van der Waals surface area contributed by atoms with Gasteiger partial charge in [0, 0.05) is 16.5 Å². The summed E-state index contributed by atoms with van der Waals surface area (Å²) in [6, 6.07) is 13.5. The minimum absolute atomic E-state index is 0.0773. The molecule has 1 N–H and O–H groups in total. The van der Waals surface area contributed by atoms with Crippen molar-refractivity contribution in [1.82, 2.24) is 0 Å². The summed E-state index contributed by atoms with van der Waals surface area (Å²) < 4.78 is 18.5. The van der Waals surface area contributed by atoms with Crippen LogP contribution in [0.4, 0.5) is 0 Å². The van der Waals surface area contributed by atoms with Gasteiger partial charge in [-0.25, -0.2) is 0 Å². The van der Waals surface area contributed by atoms with Crippen LogP contribution in [0.3, 0.4) is 0 Å². The Morgan fingerprint density at radius 3 is 2.77 bits per heavy atom. The van der Waals surface area contributed by atoms with Crippen molar-refractivity contribution in [1.29, 1.82) is 0 Å². The fraction of sp³-hybridized carbons (Fsp3) is 0.480. The molecule has 4 atom stereocenters. The van der Waals surface area contributed by atoms with E-state index in [2.05, 4.69) is 0 Å². The smallest absolute Gasteiger partial charge is 0.309 e. The van der Waals surface area contributed by atoms with E-state index in [0.717, 1.165) is 22.6 Å². The van der Waals surface area contributed by atoms with E-state index in [4.69, 9.17) is 25.8 Å². The Labute approximate surface area is 188 Å². The van der Waals surface area contributed by atoms with Crippen molar-refractivity contribution < 1.29 is 24.1 Å². The Morgan fingerprint density at radius 2 is 2.03 bits per heavy atom. The van der Waals surface area contributed by atoms with Gasteiger partial charge in [0.15, 0.2) is 0 Å². The molecule has 0 amide bonds. The summed E-state index contributed by atoms with van der Waals surface area (Å²) in [6.45, 7) is 6.55. The quantitative estimate of drug-likeness (QED) is 0.620. The third kappa shape index (κ3) is 4.39. The van der Waals surface area contributed by atoms with Crippen LogP contribution in [0, 0.1) is 11.8 Å². The summed E-state index contributed by atoms with van der Waals surface area (Å²) in [5.41, 5.74) is 1.43. The van der Waals surface area contributed by atoms with Crippen LogP contribution in [0.15, 0.2) is 42.5 Å². The van der Waals surface area contributed by atoms with Crippen molar-refractivity contribution >= 4 is 17.6 Å². The Bertz CT molecular complexity index is 957. The molecule has 2 aliphatic heterocycles.